The third-order valence-corrected chi connectivity index (χ3v) is 3.49. The fourth-order valence-corrected chi connectivity index (χ4v) is 2.35. The Kier molecular flexibility index (Phi) is 4.07. The Labute approximate surface area is 112 Å². The van der Waals surface area contributed by atoms with E-state index in [-0.39, 0.29) is 22.6 Å². The lowest BCUT2D eigenvalue weighted by molar-refractivity contribution is 0.498. The Morgan fingerprint density at radius 3 is 2.44 bits per heavy atom. The summed E-state index contributed by atoms with van der Waals surface area (Å²) in [7, 11) is 0. The molecule has 0 radical (unpaired) electrons. The lowest BCUT2D eigenvalue weighted by atomic mass is 10.0. The van der Waals surface area contributed by atoms with Gasteiger partial charge < -0.3 is 0 Å². The molecule has 0 bridgehead atoms. The molecule has 1 atom stereocenters. The average Bonchev–Trinajstić information content (AvgIpc) is 2.35. The van der Waals surface area contributed by atoms with Crippen LogP contribution in [0.25, 0.3) is 0 Å². The zero-order chi connectivity index (χ0) is 13.1. The summed E-state index contributed by atoms with van der Waals surface area (Å²) in [6.45, 7) is 0. The Morgan fingerprint density at radius 1 is 1.00 bits per heavy atom. The van der Waals surface area contributed by atoms with Crippen LogP contribution in [0.2, 0.25) is 0 Å². The summed E-state index contributed by atoms with van der Waals surface area (Å²) >= 11 is 3.36. The van der Waals surface area contributed by atoms with Crippen molar-refractivity contribution in [2.24, 2.45) is 0 Å². The molecular weight excluding hydrogens is 305 g/mol. The van der Waals surface area contributed by atoms with Gasteiger partial charge in [0, 0.05) is 4.83 Å². The summed E-state index contributed by atoms with van der Waals surface area (Å²) in [5.41, 5.74) is 0.958. The van der Waals surface area contributed by atoms with Crippen molar-refractivity contribution in [3.8, 4) is 0 Å². The second-order valence-electron chi connectivity index (χ2n) is 3.94. The van der Waals surface area contributed by atoms with Crippen LogP contribution in [-0.2, 0) is 6.42 Å². The lowest BCUT2D eigenvalue weighted by Crippen LogP contribution is -2.00. The van der Waals surface area contributed by atoms with Crippen molar-refractivity contribution >= 4 is 15.9 Å². The fraction of sp³-hybridized carbons (Fsp3) is 0.143. The number of benzene rings is 2. The first-order valence-corrected chi connectivity index (χ1v) is 6.32. The van der Waals surface area contributed by atoms with Crippen molar-refractivity contribution in [3.63, 3.8) is 0 Å². The van der Waals surface area contributed by atoms with Gasteiger partial charge in [0.25, 0.3) is 0 Å². The highest BCUT2D eigenvalue weighted by Crippen LogP contribution is 2.28. The zero-order valence-corrected chi connectivity index (χ0v) is 10.9. The van der Waals surface area contributed by atoms with Gasteiger partial charge in [0.15, 0.2) is 11.6 Å². The molecule has 0 N–H and O–H groups in total. The van der Waals surface area contributed by atoms with E-state index in [1.807, 2.05) is 0 Å². The molecule has 0 saturated heterocycles. The van der Waals surface area contributed by atoms with E-state index in [4.69, 9.17) is 0 Å². The molecule has 0 aromatic heterocycles. The number of hydrogen-bond acceptors (Lipinski definition) is 0. The van der Waals surface area contributed by atoms with Gasteiger partial charge in [-0.2, -0.15) is 0 Å². The van der Waals surface area contributed by atoms with Gasteiger partial charge in [-0.25, -0.2) is 13.2 Å². The second-order valence-corrected chi connectivity index (χ2v) is 5.04. The molecule has 0 aliphatic rings. The maximum absolute atomic E-state index is 13.5. The van der Waals surface area contributed by atoms with E-state index >= 15 is 0 Å². The molecule has 0 aliphatic carbocycles. The molecule has 0 amide bonds. The zero-order valence-electron chi connectivity index (χ0n) is 9.34. The molecule has 2 aromatic rings. The van der Waals surface area contributed by atoms with Crippen LogP contribution in [0.5, 0.6) is 0 Å². The quantitative estimate of drug-likeness (QED) is 0.715. The van der Waals surface area contributed by atoms with E-state index in [0.717, 1.165) is 6.07 Å². The SMILES string of the molecule is Fc1cccc(C(Br)Cc2cccc(F)c2F)c1. The van der Waals surface area contributed by atoms with Crippen molar-refractivity contribution in [1.29, 1.82) is 0 Å². The minimum atomic E-state index is -0.869. The highest BCUT2D eigenvalue weighted by atomic mass is 79.9. The van der Waals surface area contributed by atoms with Crippen molar-refractivity contribution in [3.05, 3.63) is 71.0 Å². The molecule has 94 valence electrons. The predicted octanol–water partition coefficient (Wildman–Crippen LogP) is 4.78. The standard InChI is InChI=1S/C14H10BrF3/c15-12(9-3-1-5-11(16)7-9)8-10-4-2-6-13(17)14(10)18/h1-7,12H,8H2. The molecule has 4 heteroatoms. The topological polar surface area (TPSA) is 0 Å². The van der Waals surface area contributed by atoms with E-state index in [0.29, 0.717) is 5.56 Å². The van der Waals surface area contributed by atoms with Crippen LogP contribution in [0.4, 0.5) is 13.2 Å². The monoisotopic (exact) mass is 314 g/mol. The Hall–Kier alpha value is -1.29. The van der Waals surface area contributed by atoms with E-state index in [9.17, 15) is 13.2 Å². The maximum Gasteiger partial charge on any atom is 0.162 e. The third kappa shape index (κ3) is 2.93. The minimum Gasteiger partial charge on any atom is -0.207 e. The van der Waals surface area contributed by atoms with Gasteiger partial charge in [0.2, 0.25) is 0 Å². The number of rotatable bonds is 3. The second kappa shape index (κ2) is 5.57. The fourth-order valence-electron chi connectivity index (χ4n) is 1.72. The van der Waals surface area contributed by atoms with E-state index in [2.05, 4.69) is 15.9 Å². The molecule has 2 aromatic carbocycles. The van der Waals surface area contributed by atoms with Gasteiger partial charge >= 0.3 is 0 Å². The molecule has 2 rings (SSSR count). The van der Waals surface area contributed by atoms with E-state index in [1.54, 1.807) is 12.1 Å². The molecule has 0 fully saturated rings. The third-order valence-electron chi connectivity index (χ3n) is 2.64. The van der Waals surface area contributed by atoms with Gasteiger partial charge in [-0.1, -0.05) is 40.2 Å². The van der Waals surface area contributed by atoms with Gasteiger partial charge in [-0.05, 0) is 35.7 Å². The van der Waals surface area contributed by atoms with Crippen molar-refractivity contribution < 1.29 is 13.2 Å². The van der Waals surface area contributed by atoms with Crippen LogP contribution >= 0.6 is 15.9 Å². The maximum atomic E-state index is 13.5. The molecule has 1 unspecified atom stereocenters. The highest BCUT2D eigenvalue weighted by molar-refractivity contribution is 9.09. The van der Waals surface area contributed by atoms with Crippen molar-refractivity contribution in [2.45, 2.75) is 11.2 Å². The molecule has 0 spiro atoms. The molecule has 0 heterocycles. The van der Waals surface area contributed by atoms with Crippen LogP contribution < -0.4 is 0 Å². The summed E-state index contributed by atoms with van der Waals surface area (Å²) < 4.78 is 39.6. The molecular formula is C14H10BrF3. The summed E-state index contributed by atoms with van der Waals surface area (Å²) in [6, 6.07) is 10.1. The molecule has 18 heavy (non-hydrogen) atoms. The van der Waals surface area contributed by atoms with Gasteiger partial charge in [0.05, 0.1) is 0 Å². The van der Waals surface area contributed by atoms with Crippen LogP contribution in [0.3, 0.4) is 0 Å². The molecule has 0 nitrogen and oxygen atoms in total. The molecule has 0 saturated carbocycles. The Morgan fingerprint density at radius 2 is 1.72 bits per heavy atom. The molecule has 0 aliphatic heterocycles. The number of alkyl halides is 1. The van der Waals surface area contributed by atoms with E-state index in [1.165, 1.54) is 24.3 Å². The first kappa shape index (κ1) is 13.1. The van der Waals surface area contributed by atoms with Crippen LogP contribution in [0.15, 0.2) is 42.5 Å². The Balaban J connectivity index is 2.21. The van der Waals surface area contributed by atoms with E-state index < -0.39 is 11.6 Å². The van der Waals surface area contributed by atoms with Crippen molar-refractivity contribution in [1.82, 2.24) is 0 Å². The Bertz CT molecular complexity index is 554. The number of halogens is 4. The van der Waals surface area contributed by atoms with Crippen LogP contribution in [-0.4, -0.2) is 0 Å². The first-order chi connectivity index (χ1) is 8.58. The van der Waals surface area contributed by atoms with Crippen LogP contribution in [0.1, 0.15) is 16.0 Å². The summed E-state index contributed by atoms with van der Waals surface area (Å²) in [4.78, 5) is -0.260. The summed E-state index contributed by atoms with van der Waals surface area (Å²) in [5, 5.41) is 0. The summed E-state index contributed by atoms with van der Waals surface area (Å²) in [5.74, 6) is -2.07. The number of hydrogen-bond donors (Lipinski definition) is 0. The highest BCUT2D eigenvalue weighted by Gasteiger charge is 2.14. The summed E-state index contributed by atoms with van der Waals surface area (Å²) in [6.07, 6.45) is 0.257. The van der Waals surface area contributed by atoms with Gasteiger partial charge in [-0.3, -0.25) is 0 Å². The normalized spacial score (nSPS) is 12.4. The minimum absolute atomic E-state index is 0.257. The average molecular weight is 315 g/mol. The van der Waals surface area contributed by atoms with Gasteiger partial charge in [-0.15, -0.1) is 0 Å². The first-order valence-electron chi connectivity index (χ1n) is 5.40. The van der Waals surface area contributed by atoms with Crippen molar-refractivity contribution in [2.75, 3.05) is 0 Å². The predicted molar refractivity (Wildman–Crippen MR) is 68.1 cm³/mol. The lowest BCUT2D eigenvalue weighted by Gasteiger charge is -2.11. The largest absolute Gasteiger partial charge is 0.207 e. The smallest absolute Gasteiger partial charge is 0.162 e. The van der Waals surface area contributed by atoms with Crippen LogP contribution in [0, 0.1) is 17.5 Å². The van der Waals surface area contributed by atoms with Gasteiger partial charge in [0.1, 0.15) is 5.82 Å².